The van der Waals surface area contributed by atoms with Crippen molar-refractivity contribution < 1.29 is 5.11 Å². The van der Waals surface area contributed by atoms with Crippen LogP contribution in [0.15, 0.2) is 0 Å². The second kappa shape index (κ2) is 6.55. The standard InChI is InChI=1S/C16H32N2O/c1-13(2)14-5-4-9-18(10-7-14)15-6-3-8-16(17,11-15)12-19/h13-15,19H,3-12,17H2,1-2H3. The van der Waals surface area contributed by atoms with E-state index in [0.717, 1.165) is 24.7 Å². The van der Waals surface area contributed by atoms with Gasteiger partial charge in [-0.1, -0.05) is 13.8 Å². The van der Waals surface area contributed by atoms with Crippen LogP contribution >= 0.6 is 0 Å². The molecule has 0 radical (unpaired) electrons. The van der Waals surface area contributed by atoms with E-state index in [1.165, 1.54) is 45.2 Å². The van der Waals surface area contributed by atoms with Crippen molar-refractivity contribution in [3.63, 3.8) is 0 Å². The molecule has 1 heterocycles. The molecule has 3 unspecified atom stereocenters. The summed E-state index contributed by atoms with van der Waals surface area (Å²) in [5.41, 5.74) is 5.98. The van der Waals surface area contributed by atoms with Crippen LogP contribution in [0, 0.1) is 11.8 Å². The van der Waals surface area contributed by atoms with Gasteiger partial charge in [0.15, 0.2) is 0 Å². The normalized spacial score (nSPS) is 38.4. The second-order valence-corrected chi connectivity index (χ2v) is 7.24. The van der Waals surface area contributed by atoms with Crippen LogP contribution in [-0.2, 0) is 0 Å². The minimum Gasteiger partial charge on any atom is -0.394 e. The van der Waals surface area contributed by atoms with Crippen LogP contribution in [0.5, 0.6) is 0 Å². The Hall–Kier alpha value is -0.120. The summed E-state index contributed by atoms with van der Waals surface area (Å²) in [6.07, 6.45) is 8.46. The van der Waals surface area contributed by atoms with Gasteiger partial charge in [0.05, 0.1) is 6.61 Å². The predicted molar refractivity (Wildman–Crippen MR) is 80.0 cm³/mol. The van der Waals surface area contributed by atoms with E-state index in [9.17, 15) is 5.11 Å². The van der Waals surface area contributed by atoms with Crippen LogP contribution in [0.3, 0.4) is 0 Å². The molecule has 2 fully saturated rings. The highest BCUT2D eigenvalue weighted by Gasteiger charge is 2.35. The number of aliphatic hydroxyl groups excluding tert-OH is 1. The Morgan fingerprint density at radius 3 is 2.68 bits per heavy atom. The first-order valence-corrected chi connectivity index (χ1v) is 8.18. The summed E-state index contributed by atoms with van der Waals surface area (Å²) < 4.78 is 0. The molecule has 1 aliphatic heterocycles. The van der Waals surface area contributed by atoms with Crippen LogP contribution in [0.25, 0.3) is 0 Å². The topological polar surface area (TPSA) is 49.5 Å². The Morgan fingerprint density at radius 2 is 2.00 bits per heavy atom. The van der Waals surface area contributed by atoms with E-state index in [2.05, 4.69) is 18.7 Å². The summed E-state index contributed by atoms with van der Waals surface area (Å²) in [7, 11) is 0. The van der Waals surface area contributed by atoms with Crippen molar-refractivity contribution in [2.45, 2.75) is 70.4 Å². The molecule has 0 aromatic carbocycles. The molecule has 2 aliphatic rings. The van der Waals surface area contributed by atoms with Crippen molar-refractivity contribution in [3.8, 4) is 0 Å². The lowest BCUT2D eigenvalue weighted by molar-refractivity contribution is 0.0819. The molecule has 0 spiro atoms. The fourth-order valence-corrected chi connectivity index (χ4v) is 3.99. The lowest BCUT2D eigenvalue weighted by atomic mass is 9.79. The zero-order chi connectivity index (χ0) is 13.9. The monoisotopic (exact) mass is 268 g/mol. The highest BCUT2D eigenvalue weighted by Crippen LogP contribution is 2.32. The first-order valence-electron chi connectivity index (χ1n) is 8.18. The van der Waals surface area contributed by atoms with Gasteiger partial charge in [0.2, 0.25) is 0 Å². The largest absolute Gasteiger partial charge is 0.394 e. The molecule has 3 heteroatoms. The molecule has 0 aromatic heterocycles. The fourth-order valence-electron chi connectivity index (χ4n) is 3.99. The minimum atomic E-state index is -0.313. The molecule has 1 saturated carbocycles. The number of nitrogens with two attached hydrogens (primary N) is 1. The van der Waals surface area contributed by atoms with Gasteiger partial charge < -0.3 is 15.7 Å². The SMILES string of the molecule is CC(C)C1CCCN(C2CCCC(N)(CO)C2)CC1. The fraction of sp³-hybridized carbons (Fsp3) is 1.00. The molecule has 19 heavy (non-hydrogen) atoms. The van der Waals surface area contributed by atoms with Gasteiger partial charge in [-0.25, -0.2) is 0 Å². The average molecular weight is 268 g/mol. The van der Waals surface area contributed by atoms with E-state index < -0.39 is 0 Å². The van der Waals surface area contributed by atoms with E-state index in [1.54, 1.807) is 0 Å². The maximum absolute atomic E-state index is 9.49. The van der Waals surface area contributed by atoms with E-state index in [4.69, 9.17) is 5.73 Å². The summed E-state index contributed by atoms with van der Waals surface area (Å²) in [6, 6.07) is 0.608. The highest BCUT2D eigenvalue weighted by molar-refractivity contribution is 4.94. The Balaban J connectivity index is 1.91. The molecular formula is C16H32N2O. The zero-order valence-electron chi connectivity index (χ0n) is 12.8. The quantitative estimate of drug-likeness (QED) is 0.826. The Bertz CT molecular complexity index is 282. The third-order valence-electron chi connectivity index (χ3n) is 5.44. The van der Waals surface area contributed by atoms with Gasteiger partial charge in [-0.3, -0.25) is 0 Å². The Morgan fingerprint density at radius 1 is 1.21 bits per heavy atom. The minimum absolute atomic E-state index is 0.145. The maximum Gasteiger partial charge on any atom is 0.0611 e. The molecule has 112 valence electrons. The summed E-state index contributed by atoms with van der Waals surface area (Å²) in [5, 5.41) is 9.49. The first kappa shape index (κ1) is 15.3. The summed E-state index contributed by atoms with van der Waals surface area (Å²) in [5.74, 6) is 1.71. The van der Waals surface area contributed by atoms with Crippen molar-refractivity contribution in [1.82, 2.24) is 4.90 Å². The van der Waals surface area contributed by atoms with Crippen molar-refractivity contribution >= 4 is 0 Å². The molecule has 2 rings (SSSR count). The van der Waals surface area contributed by atoms with Crippen LogP contribution < -0.4 is 5.73 Å². The molecular weight excluding hydrogens is 236 g/mol. The first-order chi connectivity index (χ1) is 9.04. The van der Waals surface area contributed by atoms with E-state index >= 15 is 0 Å². The van der Waals surface area contributed by atoms with E-state index in [-0.39, 0.29) is 12.1 Å². The highest BCUT2D eigenvalue weighted by atomic mass is 16.3. The van der Waals surface area contributed by atoms with Crippen molar-refractivity contribution in [2.75, 3.05) is 19.7 Å². The summed E-state index contributed by atoms with van der Waals surface area (Å²) in [6.45, 7) is 7.32. The van der Waals surface area contributed by atoms with Crippen molar-refractivity contribution in [1.29, 1.82) is 0 Å². The molecule has 0 aromatic rings. The van der Waals surface area contributed by atoms with Crippen molar-refractivity contribution in [3.05, 3.63) is 0 Å². The molecule has 3 N–H and O–H groups in total. The van der Waals surface area contributed by atoms with E-state index in [0.29, 0.717) is 6.04 Å². The van der Waals surface area contributed by atoms with Gasteiger partial charge in [-0.2, -0.15) is 0 Å². The third kappa shape index (κ3) is 3.93. The number of likely N-dealkylation sites (tertiary alicyclic amines) is 1. The Labute approximate surface area is 118 Å². The zero-order valence-corrected chi connectivity index (χ0v) is 12.8. The van der Waals surface area contributed by atoms with Gasteiger partial charge in [0.1, 0.15) is 0 Å². The molecule has 0 bridgehead atoms. The molecule has 3 nitrogen and oxygen atoms in total. The summed E-state index contributed by atoms with van der Waals surface area (Å²) >= 11 is 0. The summed E-state index contributed by atoms with van der Waals surface area (Å²) in [4.78, 5) is 2.67. The lowest BCUT2D eigenvalue weighted by Crippen LogP contribution is -2.53. The number of hydrogen-bond donors (Lipinski definition) is 2. The van der Waals surface area contributed by atoms with Gasteiger partial charge in [0, 0.05) is 11.6 Å². The van der Waals surface area contributed by atoms with E-state index in [1.807, 2.05) is 0 Å². The van der Waals surface area contributed by atoms with Gasteiger partial charge in [0.25, 0.3) is 0 Å². The van der Waals surface area contributed by atoms with Crippen LogP contribution in [0.4, 0.5) is 0 Å². The lowest BCUT2D eigenvalue weighted by Gasteiger charge is -2.41. The number of hydrogen-bond acceptors (Lipinski definition) is 3. The Kier molecular flexibility index (Phi) is 5.27. The maximum atomic E-state index is 9.49. The van der Waals surface area contributed by atoms with Crippen molar-refractivity contribution in [2.24, 2.45) is 17.6 Å². The molecule has 3 atom stereocenters. The van der Waals surface area contributed by atoms with Crippen LogP contribution in [0.1, 0.15) is 58.8 Å². The van der Waals surface area contributed by atoms with Gasteiger partial charge in [-0.15, -0.1) is 0 Å². The molecule has 1 aliphatic carbocycles. The number of nitrogens with zero attached hydrogens (tertiary/aromatic N) is 1. The molecule has 0 amide bonds. The molecule has 1 saturated heterocycles. The number of rotatable bonds is 3. The number of aliphatic hydroxyl groups is 1. The second-order valence-electron chi connectivity index (χ2n) is 7.24. The van der Waals surface area contributed by atoms with Crippen LogP contribution in [-0.4, -0.2) is 41.3 Å². The smallest absolute Gasteiger partial charge is 0.0611 e. The van der Waals surface area contributed by atoms with Gasteiger partial charge in [-0.05, 0) is 69.9 Å². The average Bonchev–Trinajstić information content (AvgIpc) is 2.64. The third-order valence-corrected chi connectivity index (χ3v) is 5.44. The van der Waals surface area contributed by atoms with Gasteiger partial charge >= 0.3 is 0 Å². The predicted octanol–water partition coefficient (Wildman–Crippen LogP) is 2.38. The van der Waals surface area contributed by atoms with Crippen LogP contribution in [0.2, 0.25) is 0 Å².